The summed E-state index contributed by atoms with van der Waals surface area (Å²) in [6.07, 6.45) is 4.48. The Morgan fingerprint density at radius 1 is 1.11 bits per heavy atom. The van der Waals surface area contributed by atoms with Gasteiger partial charge in [0.05, 0.1) is 17.2 Å². The second-order valence-electron chi connectivity index (χ2n) is 13.3. The largest absolute Gasteiger partial charge is 0.367 e. The molecule has 2 bridgehead atoms. The first-order valence-corrected chi connectivity index (χ1v) is 16.5. The van der Waals surface area contributed by atoms with Crippen LogP contribution in [-0.4, -0.2) is 84.1 Å². The average Bonchev–Trinajstić information content (AvgIpc) is 3.43. The van der Waals surface area contributed by atoms with Gasteiger partial charge in [0.2, 0.25) is 5.91 Å². The minimum absolute atomic E-state index is 0.0136. The van der Waals surface area contributed by atoms with Crippen LogP contribution in [0.5, 0.6) is 0 Å². The molecule has 1 saturated carbocycles. The van der Waals surface area contributed by atoms with Crippen LogP contribution in [0.4, 0.5) is 4.39 Å². The second-order valence-corrected chi connectivity index (χ2v) is 13.7. The van der Waals surface area contributed by atoms with Gasteiger partial charge in [0.15, 0.2) is 0 Å². The zero-order valence-electron chi connectivity index (χ0n) is 26.8. The topological polar surface area (TPSA) is 79.1 Å². The van der Waals surface area contributed by atoms with Crippen LogP contribution in [-0.2, 0) is 16.1 Å². The van der Waals surface area contributed by atoms with Crippen molar-refractivity contribution >= 4 is 23.4 Å². The smallest absolute Gasteiger partial charge is 0.260 e. The van der Waals surface area contributed by atoms with Gasteiger partial charge in [-0.05, 0) is 54.7 Å². The lowest BCUT2D eigenvalue weighted by molar-refractivity contribution is -0.138. The lowest BCUT2D eigenvalue weighted by Gasteiger charge is -2.57. The normalized spacial score (nSPS) is 20.6. The molecule has 0 N–H and O–H groups in total. The highest BCUT2D eigenvalue weighted by Gasteiger charge is 2.51. The van der Waals surface area contributed by atoms with Crippen LogP contribution in [0.2, 0.25) is 5.02 Å². The van der Waals surface area contributed by atoms with Gasteiger partial charge >= 0.3 is 0 Å². The van der Waals surface area contributed by atoms with Gasteiger partial charge in [-0.1, -0.05) is 78.7 Å². The number of fused-ring (bicyclic) bond motifs is 1. The maximum atomic E-state index is 15.0. The number of benzene rings is 2. The third-order valence-corrected chi connectivity index (χ3v) is 10.6. The summed E-state index contributed by atoms with van der Waals surface area (Å²) in [4.78, 5) is 33.1. The number of rotatable bonds is 11. The first kappa shape index (κ1) is 32.4. The number of amides is 2. The van der Waals surface area contributed by atoms with Gasteiger partial charge in [-0.2, -0.15) is 0 Å². The highest BCUT2D eigenvalue weighted by atomic mass is 35.5. The molecule has 2 fully saturated rings. The number of aryl methyl sites for hydroxylation is 1. The number of aromatic nitrogens is 1. The monoisotopic (exact) mass is 648 g/mol. The summed E-state index contributed by atoms with van der Waals surface area (Å²) in [5.74, 6) is 0.620. The lowest BCUT2D eigenvalue weighted by Crippen LogP contribution is -2.52. The molecular formula is C36H42ClFN4O4. The minimum atomic E-state index is -0.559. The third-order valence-electron chi connectivity index (χ3n) is 10.3. The maximum absolute atomic E-state index is 15.0. The number of nitrogens with zero attached hydrogens (tertiary/aromatic N) is 4. The van der Waals surface area contributed by atoms with Gasteiger partial charge in [-0.3, -0.25) is 14.5 Å². The number of hydrogen-bond donors (Lipinski definition) is 0. The van der Waals surface area contributed by atoms with E-state index < -0.39 is 5.82 Å². The van der Waals surface area contributed by atoms with Gasteiger partial charge in [0.1, 0.15) is 29.4 Å². The Labute approximate surface area is 275 Å². The molecule has 3 aliphatic carbocycles. The van der Waals surface area contributed by atoms with Crippen molar-refractivity contribution in [3.63, 3.8) is 0 Å². The highest BCUT2D eigenvalue weighted by Crippen LogP contribution is 2.59. The number of piperazine rings is 1. The molecule has 2 aromatic carbocycles. The van der Waals surface area contributed by atoms with Crippen LogP contribution in [0.1, 0.15) is 48.4 Å². The summed E-state index contributed by atoms with van der Waals surface area (Å²) in [7, 11) is 0. The summed E-state index contributed by atoms with van der Waals surface area (Å²) in [6.45, 7) is 11.0. The molecule has 1 saturated heterocycles. The van der Waals surface area contributed by atoms with Crippen LogP contribution in [0.3, 0.4) is 0 Å². The van der Waals surface area contributed by atoms with Crippen molar-refractivity contribution in [1.82, 2.24) is 19.9 Å². The maximum Gasteiger partial charge on any atom is 0.260 e. The fourth-order valence-corrected chi connectivity index (χ4v) is 7.46. The molecule has 10 heteroatoms. The molecule has 1 aliphatic heterocycles. The summed E-state index contributed by atoms with van der Waals surface area (Å²) in [5, 5.41) is 4.27. The van der Waals surface area contributed by atoms with Gasteiger partial charge in [0.25, 0.3) is 5.91 Å². The van der Waals surface area contributed by atoms with E-state index in [1.807, 2.05) is 40.1 Å². The molecule has 0 radical (unpaired) electrons. The van der Waals surface area contributed by atoms with E-state index in [1.165, 1.54) is 17.7 Å². The molecule has 2 atom stereocenters. The van der Waals surface area contributed by atoms with Crippen LogP contribution in [0.15, 0.2) is 64.7 Å². The van der Waals surface area contributed by atoms with Gasteiger partial charge in [0, 0.05) is 45.8 Å². The quantitative estimate of drug-likeness (QED) is 0.229. The van der Waals surface area contributed by atoms with Crippen LogP contribution in [0, 0.1) is 30.0 Å². The number of allylic oxidation sites excluding steroid dienone is 1. The fourth-order valence-electron chi connectivity index (χ4n) is 7.21. The first-order chi connectivity index (χ1) is 22.1. The van der Waals surface area contributed by atoms with Gasteiger partial charge in [-0.15, -0.1) is 0 Å². The van der Waals surface area contributed by atoms with E-state index in [2.05, 4.69) is 30.0 Å². The number of ether oxygens (including phenoxy) is 1. The number of carbonyl (C=O) groups is 2. The molecule has 8 nitrogen and oxygen atoms in total. The van der Waals surface area contributed by atoms with Crippen molar-refractivity contribution in [2.45, 2.75) is 40.2 Å². The SMILES string of the molecule is Cc1onc(-c2c(F)cccc2Cl)c1C(=O)N(CCN1CCN(C(=O)COCc2ccccc2)CC1)CC1=CCC2CC1C2(C)C. The van der Waals surface area contributed by atoms with E-state index in [-0.39, 0.29) is 45.7 Å². The summed E-state index contributed by atoms with van der Waals surface area (Å²) >= 11 is 6.40. The Kier molecular flexibility index (Phi) is 9.64. The van der Waals surface area contributed by atoms with E-state index in [9.17, 15) is 14.0 Å². The molecule has 46 heavy (non-hydrogen) atoms. The van der Waals surface area contributed by atoms with Crippen molar-refractivity contribution in [3.8, 4) is 11.3 Å². The van der Waals surface area contributed by atoms with E-state index >= 15 is 0 Å². The van der Waals surface area contributed by atoms with Gasteiger partial charge < -0.3 is 19.1 Å². The summed E-state index contributed by atoms with van der Waals surface area (Å²) in [6, 6.07) is 14.2. The molecule has 1 aromatic heterocycles. The van der Waals surface area contributed by atoms with Crippen molar-refractivity contribution in [1.29, 1.82) is 0 Å². The Morgan fingerprint density at radius 3 is 2.57 bits per heavy atom. The van der Waals surface area contributed by atoms with E-state index in [0.717, 1.165) is 18.4 Å². The molecule has 0 spiro atoms. The lowest BCUT2D eigenvalue weighted by atomic mass is 9.49. The Bertz CT molecular complexity index is 1580. The van der Waals surface area contributed by atoms with Crippen LogP contribution < -0.4 is 0 Å². The molecule has 2 heterocycles. The molecule has 4 aliphatic rings. The van der Waals surface area contributed by atoms with E-state index in [4.69, 9.17) is 20.9 Å². The van der Waals surface area contributed by atoms with Crippen molar-refractivity contribution in [3.05, 3.63) is 87.9 Å². The summed E-state index contributed by atoms with van der Waals surface area (Å²) in [5.41, 5.74) is 2.96. The van der Waals surface area contributed by atoms with Crippen LogP contribution in [0.25, 0.3) is 11.3 Å². The van der Waals surface area contributed by atoms with Crippen LogP contribution >= 0.6 is 11.6 Å². The standard InChI is InChI=1S/C36H42ClFN4O4/c1-24-32(34(39-46-24)33-29(37)10-7-11-30(33)38)35(44)42(21-26-12-13-27-20-28(26)36(27,2)3)19-16-40-14-17-41(18-15-40)31(43)23-45-22-25-8-5-4-6-9-25/h4-12,27-28H,13-23H2,1-3H3. The summed E-state index contributed by atoms with van der Waals surface area (Å²) < 4.78 is 26.1. The number of hydrogen-bond acceptors (Lipinski definition) is 6. The zero-order valence-corrected chi connectivity index (χ0v) is 27.6. The predicted molar refractivity (Wildman–Crippen MR) is 175 cm³/mol. The van der Waals surface area contributed by atoms with Crippen molar-refractivity contribution in [2.75, 3.05) is 52.4 Å². The Balaban J connectivity index is 1.12. The first-order valence-electron chi connectivity index (χ1n) is 16.1. The number of halogens is 2. The minimum Gasteiger partial charge on any atom is -0.367 e. The molecule has 3 aromatic rings. The third kappa shape index (κ3) is 6.64. The predicted octanol–water partition coefficient (Wildman–Crippen LogP) is 6.24. The Hall–Kier alpha value is -3.53. The van der Waals surface area contributed by atoms with E-state index in [0.29, 0.717) is 70.0 Å². The molecule has 2 unspecified atom stereocenters. The van der Waals surface area contributed by atoms with Gasteiger partial charge in [-0.25, -0.2) is 4.39 Å². The molecular weight excluding hydrogens is 607 g/mol. The number of carbonyl (C=O) groups excluding carboxylic acids is 2. The zero-order chi connectivity index (χ0) is 32.4. The molecule has 244 valence electrons. The Morgan fingerprint density at radius 2 is 1.87 bits per heavy atom. The molecule has 7 rings (SSSR count). The second kappa shape index (κ2) is 13.7. The van der Waals surface area contributed by atoms with Crippen molar-refractivity contribution < 1.29 is 23.2 Å². The fraction of sp³-hybridized carbons (Fsp3) is 0.472. The van der Waals surface area contributed by atoms with Crippen molar-refractivity contribution in [2.24, 2.45) is 17.3 Å². The highest BCUT2D eigenvalue weighted by molar-refractivity contribution is 6.33. The van der Waals surface area contributed by atoms with E-state index in [1.54, 1.807) is 13.0 Å². The average molecular weight is 649 g/mol. The molecule has 2 amide bonds.